The van der Waals surface area contributed by atoms with E-state index in [9.17, 15) is 28.8 Å². The molecule has 0 atom stereocenters. The third-order valence-electron chi connectivity index (χ3n) is 3.20. The van der Waals surface area contributed by atoms with Gasteiger partial charge in [-0.05, 0) is 19.3 Å². The Balaban J connectivity index is 2.86. The minimum absolute atomic E-state index is 0.0375. The van der Waals surface area contributed by atoms with E-state index in [4.69, 9.17) is 0 Å². The molecule has 0 aliphatic heterocycles. The lowest BCUT2D eigenvalue weighted by molar-refractivity contribution is -0.162. The Hall–Kier alpha value is -2.58. The Morgan fingerprint density at radius 1 is 0.619 bits per heavy atom. The first-order valence-corrected chi connectivity index (χ1v) is 5.95. The zero-order valence-electron chi connectivity index (χ0n) is 10.8. The van der Waals surface area contributed by atoms with Gasteiger partial charge in [0, 0.05) is 0 Å². The van der Waals surface area contributed by atoms with Crippen LogP contribution in [0.3, 0.4) is 0 Å². The average Bonchev–Trinajstić information content (AvgIpc) is 2.47. The van der Waals surface area contributed by atoms with Gasteiger partial charge in [-0.3, -0.25) is 28.8 Å². The van der Waals surface area contributed by atoms with E-state index in [0.717, 1.165) is 0 Å². The van der Waals surface area contributed by atoms with E-state index < -0.39 is 35.7 Å². The number of carbonyl (C=O) groups excluding carboxylic acids is 6. The minimum Gasteiger partial charge on any atom is -0.395 e. The SMILES string of the molecule is O=COC(=O)C1CC(C(=O)OC=O)CC(C(=O)OC=O)C1. The first kappa shape index (κ1) is 16.5. The highest BCUT2D eigenvalue weighted by Gasteiger charge is 2.41. The molecule has 0 bridgehead atoms. The fraction of sp³-hybridized carbons (Fsp3) is 0.500. The number of carbonyl (C=O) groups is 6. The number of esters is 3. The summed E-state index contributed by atoms with van der Waals surface area (Å²) in [7, 11) is 0. The predicted octanol–water partition coefficient (Wildman–Crippen LogP) is -0.882. The average molecular weight is 300 g/mol. The van der Waals surface area contributed by atoms with Gasteiger partial charge in [-0.1, -0.05) is 0 Å². The Bertz CT molecular complexity index is 383. The van der Waals surface area contributed by atoms with Crippen LogP contribution >= 0.6 is 0 Å². The van der Waals surface area contributed by atoms with Crippen molar-refractivity contribution in [2.75, 3.05) is 0 Å². The predicted molar refractivity (Wildman–Crippen MR) is 60.8 cm³/mol. The highest BCUT2D eigenvalue weighted by Crippen LogP contribution is 2.35. The molecule has 1 rings (SSSR count). The van der Waals surface area contributed by atoms with Gasteiger partial charge in [-0.25, -0.2) is 0 Å². The van der Waals surface area contributed by atoms with E-state index in [-0.39, 0.29) is 38.7 Å². The molecule has 1 saturated carbocycles. The lowest BCUT2D eigenvalue weighted by Gasteiger charge is -2.29. The zero-order chi connectivity index (χ0) is 15.8. The molecule has 0 N–H and O–H groups in total. The van der Waals surface area contributed by atoms with Crippen molar-refractivity contribution in [1.82, 2.24) is 0 Å². The number of ether oxygens (including phenoxy) is 3. The maximum atomic E-state index is 11.6. The standard InChI is InChI=1S/C12H12O9/c13-4-19-10(16)7-1-8(11(17)20-5-14)3-9(2-7)12(18)21-6-15/h4-9H,1-3H2. The van der Waals surface area contributed by atoms with E-state index in [1.165, 1.54) is 0 Å². The lowest BCUT2D eigenvalue weighted by atomic mass is 9.75. The summed E-state index contributed by atoms with van der Waals surface area (Å²) in [6.45, 7) is -0.183. The summed E-state index contributed by atoms with van der Waals surface area (Å²) in [5.41, 5.74) is 0. The lowest BCUT2D eigenvalue weighted by Crippen LogP contribution is -2.36. The smallest absolute Gasteiger partial charge is 0.316 e. The van der Waals surface area contributed by atoms with E-state index in [0.29, 0.717) is 0 Å². The molecule has 0 radical (unpaired) electrons. The molecule has 1 fully saturated rings. The molecular formula is C12H12O9. The highest BCUT2D eigenvalue weighted by atomic mass is 16.6. The summed E-state index contributed by atoms with van der Waals surface area (Å²) in [6.07, 6.45) is -0.112. The van der Waals surface area contributed by atoms with Crippen molar-refractivity contribution in [2.45, 2.75) is 19.3 Å². The van der Waals surface area contributed by atoms with Gasteiger partial charge in [0.15, 0.2) is 0 Å². The van der Waals surface area contributed by atoms with Gasteiger partial charge in [0.05, 0.1) is 17.8 Å². The van der Waals surface area contributed by atoms with Crippen molar-refractivity contribution >= 4 is 37.3 Å². The maximum absolute atomic E-state index is 11.6. The summed E-state index contributed by atoms with van der Waals surface area (Å²) in [4.78, 5) is 65.2. The summed E-state index contributed by atoms with van der Waals surface area (Å²) in [5.74, 6) is -5.47. The van der Waals surface area contributed by atoms with Crippen LogP contribution in [0, 0.1) is 17.8 Å². The van der Waals surface area contributed by atoms with Crippen LogP contribution in [0.2, 0.25) is 0 Å². The van der Waals surface area contributed by atoms with Crippen LogP contribution in [0.5, 0.6) is 0 Å². The second-order valence-corrected chi connectivity index (χ2v) is 4.40. The van der Waals surface area contributed by atoms with Crippen LogP contribution in [0.1, 0.15) is 19.3 Å². The van der Waals surface area contributed by atoms with Gasteiger partial charge in [-0.2, -0.15) is 0 Å². The molecule has 1 aliphatic rings. The third kappa shape index (κ3) is 4.48. The summed E-state index contributed by atoms with van der Waals surface area (Å²) < 4.78 is 12.6. The Labute approximate surface area is 118 Å². The second kappa shape index (κ2) is 7.88. The van der Waals surface area contributed by atoms with E-state index in [2.05, 4.69) is 14.2 Å². The molecule has 9 heteroatoms. The van der Waals surface area contributed by atoms with Gasteiger partial charge < -0.3 is 14.2 Å². The first-order valence-electron chi connectivity index (χ1n) is 5.95. The van der Waals surface area contributed by atoms with E-state index in [1.54, 1.807) is 0 Å². The monoisotopic (exact) mass is 300 g/mol. The van der Waals surface area contributed by atoms with Crippen LogP contribution in [0.25, 0.3) is 0 Å². The molecule has 0 aromatic carbocycles. The number of rotatable bonds is 6. The molecule has 0 heterocycles. The van der Waals surface area contributed by atoms with Gasteiger partial charge in [0.25, 0.3) is 0 Å². The van der Waals surface area contributed by atoms with Crippen LogP contribution in [-0.4, -0.2) is 37.3 Å². The summed E-state index contributed by atoms with van der Waals surface area (Å²) in [6, 6.07) is 0. The zero-order valence-corrected chi connectivity index (χ0v) is 10.8. The molecule has 1 aliphatic carbocycles. The van der Waals surface area contributed by atoms with Crippen molar-refractivity contribution < 1.29 is 43.0 Å². The summed E-state index contributed by atoms with van der Waals surface area (Å²) >= 11 is 0. The minimum atomic E-state index is -0.919. The Morgan fingerprint density at radius 3 is 1.05 bits per heavy atom. The molecule has 9 nitrogen and oxygen atoms in total. The number of hydrogen-bond acceptors (Lipinski definition) is 9. The summed E-state index contributed by atoms with van der Waals surface area (Å²) in [5, 5.41) is 0. The highest BCUT2D eigenvalue weighted by molar-refractivity contribution is 5.85. The molecule has 0 saturated heterocycles. The van der Waals surface area contributed by atoms with E-state index in [1.807, 2.05) is 0 Å². The maximum Gasteiger partial charge on any atom is 0.316 e. The Kier molecular flexibility index (Phi) is 6.18. The molecular weight excluding hydrogens is 288 g/mol. The van der Waals surface area contributed by atoms with Gasteiger partial charge in [0.1, 0.15) is 0 Å². The second-order valence-electron chi connectivity index (χ2n) is 4.40. The van der Waals surface area contributed by atoms with Crippen molar-refractivity contribution in [1.29, 1.82) is 0 Å². The van der Waals surface area contributed by atoms with E-state index >= 15 is 0 Å². The van der Waals surface area contributed by atoms with Crippen molar-refractivity contribution in [2.24, 2.45) is 17.8 Å². The number of hydrogen-bond donors (Lipinski definition) is 0. The van der Waals surface area contributed by atoms with Crippen molar-refractivity contribution in [3.05, 3.63) is 0 Å². The van der Waals surface area contributed by atoms with Crippen LogP contribution in [0.4, 0.5) is 0 Å². The molecule has 114 valence electrons. The topological polar surface area (TPSA) is 130 Å². The van der Waals surface area contributed by atoms with Crippen LogP contribution in [0.15, 0.2) is 0 Å². The van der Waals surface area contributed by atoms with Crippen molar-refractivity contribution in [3.63, 3.8) is 0 Å². The normalized spacial score (nSPS) is 24.3. The molecule has 0 spiro atoms. The molecule has 0 aromatic heterocycles. The van der Waals surface area contributed by atoms with Gasteiger partial charge >= 0.3 is 37.3 Å². The Morgan fingerprint density at radius 2 is 0.857 bits per heavy atom. The van der Waals surface area contributed by atoms with Gasteiger partial charge in [0.2, 0.25) is 0 Å². The molecule has 0 amide bonds. The molecule has 0 unspecified atom stereocenters. The largest absolute Gasteiger partial charge is 0.395 e. The quantitative estimate of drug-likeness (QED) is 0.265. The fourth-order valence-corrected chi connectivity index (χ4v) is 2.33. The van der Waals surface area contributed by atoms with Crippen molar-refractivity contribution in [3.8, 4) is 0 Å². The van der Waals surface area contributed by atoms with Gasteiger partial charge in [-0.15, -0.1) is 0 Å². The first-order chi connectivity index (χ1) is 10.0. The molecule has 0 aromatic rings. The van der Waals surface area contributed by atoms with Crippen LogP contribution < -0.4 is 0 Å². The molecule has 21 heavy (non-hydrogen) atoms. The van der Waals surface area contributed by atoms with Crippen LogP contribution in [-0.2, 0) is 43.0 Å². The fourth-order valence-electron chi connectivity index (χ4n) is 2.33. The third-order valence-corrected chi connectivity index (χ3v) is 3.20.